The molecule has 1 atom stereocenters. The fourth-order valence-electron chi connectivity index (χ4n) is 3.21. The van der Waals surface area contributed by atoms with Crippen LogP contribution in [0.2, 0.25) is 0 Å². The molecule has 0 saturated carbocycles. The molecule has 2 N–H and O–H groups in total. The average molecular weight is 268 g/mol. The van der Waals surface area contributed by atoms with Crippen LogP contribution in [-0.2, 0) is 4.79 Å². The summed E-state index contributed by atoms with van der Waals surface area (Å²) in [5.74, 6) is 0.862. The van der Waals surface area contributed by atoms with Gasteiger partial charge in [-0.25, -0.2) is 0 Å². The minimum Gasteiger partial charge on any atom is -0.338 e. The van der Waals surface area contributed by atoms with Crippen LogP contribution in [0.4, 0.5) is 0 Å². The van der Waals surface area contributed by atoms with E-state index in [1.807, 2.05) is 0 Å². The lowest BCUT2D eigenvalue weighted by atomic mass is 9.76. The van der Waals surface area contributed by atoms with Gasteiger partial charge in [0.2, 0.25) is 5.91 Å². The largest absolute Gasteiger partial charge is 0.338 e. The van der Waals surface area contributed by atoms with E-state index in [9.17, 15) is 4.79 Å². The zero-order valence-corrected chi connectivity index (χ0v) is 13.5. The van der Waals surface area contributed by atoms with Gasteiger partial charge in [0.15, 0.2) is 0 Å². The van der Waals surface area contributed by atoms with Gasteiger partial charge in [0.05, 0.1) is 0 Å². The highest BCUT2D eigenvalue weighted by Gasteiger charge is 2.35. The zero-order chi connectivity index (χ0) is 14.7. The third-order valence-corrected chi connectivity index (χ3v) is 4.65. The Bertz CT molecular complexity index is 304. The average Bonchev–Trinajstić information content (AvgIpc) is 2.62. The molecular weight excluding hydrogens is 236 g/mol. The van der Waals surface area contributed by atoms with Crippen molar-refractivity contribution in [2.24, 2.45) is 17.1 Å². The van der Waals surface area contributed by atoms with Gasteiger partial charge in [0, 0.05) is 18.5 Å². The molecule has 0 radical (unpaired) electrons. The highest BCUT2D eigenvalue weighted by molar-refractivity contribution is 5.77. The summed E-state index contributed by atoms with van der Waals surface area (Å²) in [4.78, 5) is 14.5. The summed E-state index contributed by atoms with van der Waals surface area (Å²) < 4.78 is 0. The maximum atomic E-state index is 12.4. The maximum absolute atomic E-state index is 12.4. The SMILES string of the molecule is CC(C)(C)C(CCN)CCC(=O)N1CCCC1(C)C. The number of carbonyl (C=O) groups is 1. The summed E-state index contributed by atoms with van der Waals surface area (Å²) in [5.41, 5.74) is 6.00. The second-order valence-corrected chi connectivity index (χ2v) is 7.64. The summed E-state index contributed by atoms with van der Waals surface area (Å²) >= 11 is 0. The molecule has 0 aromatic heterocycles. The van der Waals surface area contributed by atoms with E-state index in [-0.39, 0.29) is 11.0 Å². The predicted molar refractivity (Wildman–Crippen MR) is 80.9 cm³/mol. The Morgan fingerprint density at radius 2 is 1.95 bits per heavy atom. The van der Waals surface area contributed by atoms with Crippen molar-refractivity contribution in [1.82, 2.24) is 4.90 Å². The number of rotatable bonds is 5. The van der Waals surface area contributed by atoms with Gasteiger partial charge < -0.3 is 10.6 Å². The van der Waals surface area contributed by atoms with Crippen molar-refractivity contribution in [3.05, 3.63) is 0 Å². The molecule has 1 fully saturated rings. The number of amides is 1. The van der Waals surface area contributed by atoms with Gasteiger partial charge in [-0.1, -0.05) is 20.8 Å². The number of hydrogen-bond acceptors (Lipinski definition) is 2. The van der Waals surface area contributed by atoms with Crippen LogP contribution in [0.5, 0.6) is 0 Å². The van der Waals surface area contributed by atoms with Crippen molar-refractivity contribution in [2.45, 2.75) is 72.3 Å². The lowest BCUT2D eigenvalue weighted by molar-refractivity contribution is -0.134. The van der Waals surface area contributed by atoms with Crippen LogP contribution in [0.25, 0.3) is 0 Å². The van der Waals surface area contributed by atoms with Gasteiger partial charge in [0.25, 0.3) is 0 Å². The van der Waals surface area contributed by atoms with Crippen LogP contribution in [-0.4, -0.2) is 29.4 Å². The monoisotopic (exact) mass is 268 g/mol. The van der Waals surface area contributed by atoms with Gasteiger partial charge in [-0.3, -0.25) is 4.79 Å². The van der Waals surface area contributed by atoms with Crippen molar-refractivity contribution in [1.29, 1.82) is 0 Å². The molecule has 0 aliphatic carbocycles. The Labute approximate surface area is 118 Å². The van der Waals surface area contributed by atoms with E-state index in [0.717, 1.165) is 32.2 Å². The normalized spacial score (nSPS) is 20.6. The van der Waals surface area contributed by atoms with Crippen molar-refractivity contribution >= 4 is 5.91 Å². The summed E-state index contributed by atoms with van der Waals surface area (Å²) in [6, 6.07) is 0. The Kier molecular flexibility index (Phi) is 5.43. The second kappa shape index (κ2) is 6.25. The molecule has 112 valence electrons. The van der Waals surface area contributed by atoms with Crippen LogP contribution in [0, 0.1) is 11.3 Å². The topological polar surface area (TPSA) is 46.3 Å². The predicted octanol–water partition coefficient (Wildman–Crippen LogP) is 3.18. The molecule has 1 aliphatic rings. The van der Waals surface area contributed by atoms with E-state index < -0.39 is 0 Å². The molecule has 1 unspecified atom stereocenters. The second-order valence-electron chi connectivity index (χ2n) is 7.64. The summed E-state index contributed by atoms with van der Waals surface area (Å²) in [7, 11) is 0. The van der Waals surface area contributed by atoms with Crippen molar-refractivity contribution in [2.75, 3.05) is 13.1 Å². The maximum Gasteiger partial charge on any atom is 0.223 e. The molecule has 1 saturated heterocycles. The van der Waals surface area contributed by atoms with Crippen molar-refractivity contribution < 1.29 is 4.79 Å². The standard InChI is InChI=1S/C16H32N2O/c1-15(2,3)13(9-11-17)7-8-14(19)18-12-6-10-16(18,4)5/h13H,6-12,17H2,1-5H3. The van der Waals surface area contributed by atoms with Crippen LogP contribution in [0.15, 0.2) is 0 Å². The third-order valence-electron chi connectivity index (χ3n) is 4.65. The Hall–Kier alpha value is -0.570. The molecule has 0 spiro atoms. The molecule has 1 heterocycles. The van der Waals surface area contributed by atoms with E-state index in [1.165, 1.54) is 0 Å². The number of likely N-dealkylation sites (tertiary alicyclic amines) is 1. The van der Waals surface area contributed by atoms with E-state index in [1.54, 1.807) is 0 Å². The molecular formula is C16H32N2O. The number of carbonyl (C=O) groups excluding carboxylic acids is 1. The Morgan fingerprint density at radius 1 is 1.32 bits per heavy atom. The highest BCUT2D eigenvalue weighted by atomic mass is 16.2. The first-order chi connectivity index (χ1) is 8.68. The number of nitrogens with two attached hydrogens (primary N) is 1. The molecule has 0 aromatic rings. The Morgan fingerprint density at radius 3 is 2.37 bits per heavy atom. The fraction of sp³-hybridized carbons (Fsp3) is 0.938. The Balaban J connectivity index is 2.53. The zero-order valence-electron chi connectivity index (χ0n) is 13.5. The lowest BCUT2D eigenvalue weighted by Crippen LogP contribution is -2.42. The van der Waals surface area contributed by atoms with E-state index >= 15 is 0 Å². The number of nitrogens with zero attached hydrogens (tertiary/aromatic N) is 1. The van der Waals surface area contributed by atoms with Crippen molar-refractivity contribution in [3.8, 4) is 0 Å². The van der Waals surface area contributed by atoms with Gasteiger partial charge in [-0.15, -0.1) is 0 Å². The molecule has 1 amide bonds. The van der Waals surface area contributed by atoms with Gasteiger partial charge in [-0.05, 0) is 57.4 Å². The third kappa shape index (κ3) is 4.48. The van der Waals surface area contributed by atoms with E-state index in [4.69, 9.17) is 5.73 Å². The molecule has 1 aliphatic heterocycles. The fourth-order valence-corrected chi connectivity index (χ4v) is 3.21. The summed E-state index contributed by atoms with van der Waals surface area (Å²) in [6.45, 7) is 12.7. The molecule has 0 aromatic carbocycles. The molecule has 0 bridgehead atoms. The van der Waals surface area contributed by atoms with Crippen molar-refractivity contribution in [3.63, 3.8) is 0 Å². The highest BCUT2D eigenvalue weighted by Crippen LogP contribution is 2.34. The summed E-state index contributed by atoms with van der Waals surface area (Å²) in [6.07, 6.45) is 4.92. The first-order valence-electron chi connectivity index (χ1n) is 7.69. The van der Waals surface area contributed by atoms with E-state index in [0.29, 0.717) is 24.8 Å². The smallest absolute Gasteiger partial charge is 0.223 e. The van der Waals surface area contributed by atoms with Crippen LogP contribution < -0.4 is 5.73 Å². The van der Waals surface area contributed by atoms with Crippen LogP contribution in [0.3, 0.4) is 0 Å². The van der Waals surface area contributed by atoms with Gasteiger partial charge in [-0.2, -0.15) is 0 Å². The molecule has 3 nitrogen and oxygen atoms in total. The van der Waals surface area contributed by atoms with Crippen LogP contribution >= 0.6 is 0 Å². The molecule has 1 rings (SSSR count). The minimum absolute atomic E-state index is 0.0577. The minimum atomic E-state index is 0.0577. The molecule has 3 heteroatoms. The van der Waals surface area contributed by atoms with Gasteiger partial charge >= 0.3 is 0 Å². The first kappa shape index (κ1) is 16.5. The number of hydrogen-bond donors (Lipinski definition) is 1. The lowest BCUT2D eigenvalue weighted by Gasteiger charge is -2.34. The van der Waals surface area contributed by atoms with Gasteiger partial charge in [0.1, 0.15) is 0 Å². The molecule has 19 heavy (non-hydrogen) atoms. The van der Waals surface area contributed by atoms with E-state index in [2.05, 4.69) is 39.5 Å². The quantitative estimate of drug-likeness (QED) is 0.832. The van der Waals surface area contributed by atoms with Crippen LogP contribution in [0.1, 0.15) is 66.7 Å². The first-order valence-corrected chi connectivity index (χ1v) is 7.69. The summed E-state index contributed by atoms with van der Waals surface area (Å²) in [5, 5.41) is 0.